The number of benzene rings is 1. The number of Topliss-reactive ketones (excluding diaryl/α,β-unsaturated/α-hetero) is 1. The van der Waals surface area contributed by atoms with Gasteiger partial charge in [-0.15, -0.1) is 0 Å². The highest BCUT2D eigenvalue weighted by molar-refractivity contribution is 6.04. The molecule has 1 aliphatic carbocycles. The SMILES string of the molecule is Cc1cc(C)c(C(=O)C2CC2C(=O)O)c(C)c1. The highest BCUT2D eigenvalue weighted by Crippen LogP contribution is 2.42. The summed E-state index contributed by atoms with van der Waals surface area (Å²) in [5.74, 6) is -1.65. The lowest BCUT2D eigenvalue weighted by Crippen LogP contribution is -2.11. The largest absolute Gasteiger partial charge is 0.481 e. The number of carbonyl (C=O) groups excluding carboxylic acids is 1. The molecular formula is C14H16O3. The minimum absolute atomic E-state index is 0.00704. The Bertz CT molecular complexity index is 479. The van der Waals surface area contributed by atoms with Crippen molar-refractivity contribution in [2.75, 3.05) is 0 Å². The monoisotopic (exact) mass is 232 g/mol. The zero-order chi connectivity index (χ0) is 12.7. The van der Waals surface area contributed by atoms with E-state index in [1.807, 2.05) is 32.9 Å². The molecule has 1 aliphatic rings. The smallest absolute Gasteiger partial charge is 0.307 e. The first kappa shape index (κ1) is 11.8. The normalized spacial score (nSPS) is 22.3. The molecule has 0 amide bonds. The number of hydrogen-bond donors (Lipinski definition) is 1. The van der Waals surface area contributed by atoms with Crippen molar-refractivity contribution in [2.24, 2.45) is 11.8 Å². The standard InChI is InChI=1S/C14H16O3/c1-7-4-8(2)12(9(3)5-7)13(15)10-6-11(10)14(16)17/h4-5,10-11H,6H2,1-3H3,(H,16,17). The van der Waals surface area contributed by atoms with Crippen molar-refractivity contribution in [3.63, 3.8) is 0 Å². The summed E-state index contributed by atoms with van der Waals surface area (Å²) >= 11 is 0. The van der Waals surface area contributed by atoms with Crippen LogP contribution in [-0.4, -0.2) is 16.9 Å². The van der Waals surface area contributed by atoms with Gasteiger partial charge in [0, 0.05) is 11.5 Å². The summed E-state index contributed by atoms with van der Waals surface area (Å²) in [5.41, 5.74) is 3.73. The highest BCUT2D eigenvalue weighted by atomic mass is 16.4. The van der Waals surface area contributed by atoms with E-state index in [-0.39, 0.29) is 11.7 Å². The predicted molar refractivity (Wildman–Crippen MR) is 64.2 cm³/mol. The van der Waals surface area contributed by atoms with Gasteiger partial charge in [0.25, 0.3) is 0 Å². The van der Waals surface area contributed by atoms with Crippen LogP contribution in [0.15, 0.2) is 12.1 Å². The van der Waals surface area contributed by atoms with Gasteiger partial charge in [-0.3, -0.25) is 9.59 Å². The Balaban J connectivity index is 2.30. The second-order valence-electron chi connectivity index (χ2n) is 4.92. The molecule has 0 saturated heterocycles. The number of hydrogen-bond acceptors (Lipinski definition) is 2. The Morgan fingerprint density at radius 3 is 2.06 bits per heavy atom. The van der Waals surface area contributed by atoms with Gasteiger partial charge in [-0.05, 0) is 38.3 Å². The number of aliphatic carboxylic acids is 1. The summed E-state index contributed by atoms with van der Waals surface area (Å²) in [6.45, 7) is 5.81. The van der Waals surface area contributed by atoms with Crippen LogP contribution in [0, 0.1) is 32.6 Å². The first-order chi connectivity index (χ1) is 7.91. The van der Waals surface area contributed by atoms with Crippen LogP contribution in [0.1, 0.15) is 33.5 Å². The molecule has 1 aromatic carbocycles. The molecule has 17 heavy (non-hydrogen) atoms. The van der Waals surface area contributed by atoms with Gasteiger partial charge in [0.05, 0.1) is 5.92 Å². The second kappa shape index (κ2) is 3.99. The maximum Gasteiger partial charge on any atom is 0.307 e. The number of carboxylic acid groups (broad SMARTS) is 1. The van der Waals surface area contributed by atoms with Gasteiger partial charge in [0.1, 0.15) is 0 Å². The molecule has 0 aliphatic heterocycles. The van der Waals surface area contributed by atoms with E-state index in [2.05, 4.69) is 0 Å². The van der Waals surface area contributed by atoms with Crippen molar-refractivity contribution in [2.45, 2.75) is 27.2 Å². The van der Waals surface area contributed by atoms with E-state index in [9.17, 15) is 9.59 Å². The number of rotatable bonds is 3. The van der Waals surface area contributed by atoms with Crippen LogP contribution >= 0.6 is 0 Å². The molecule has 1 N–H and O–H groups in total. The van der Waals surface area contributed by atoms with Crippen molar-refractivity contribution in [1.29, 1.82) is 0 Å². The molecule has 90 valence electrons. The summed E-state index contributed by atoms with van der Waals surface area (Å²) in [6, 6.07) is 3.94. The van der Waals surface area contributed by atoms with E-state index in [4.69, 9.17) is 5.11 Å². The quantitative estimate of drug-likeness (QED) is 0.815. The third-order valence-corrected chi connectivity index (χ3v) is 3.37. The van der Waals surface area contributed by atoms with E-state index < -0.39 is 11.9 Å². The average molecular weight is 232 g/mol. The fraction of sp³-hybridized carbons (Fsp3) is 0.429. The first-order valence-electron chi connectivity index (χ1n) is 5.76. The molecule has 0 radical (unpaired) electrons. The zero-order valence-electron chi connectivity index (χ0n) is 10.3. The highest BCUT2D eigenvalue weighted by Gasteiger charge is 2.48. The van der Waals surface area contributed by atoms with Gasteiger partial charge >= 0.3 is 5.97 Å². The van der Waals surface area contributed by atoms with Gasteiger partial charge in [-0.2, -0.15) is 0 Å². The summed E-state index contributed by atoms with van der Waals surface area (Å²) in [5, 5.41) is 8.85. The Kier molecular flexibility index (Phi) is 2.77. The van der Waals surface area contributed by atoms with Crippen LogP contribution in [-0.2, 0) is 4.79 Å². The van der Waals surface area contributed by atoms with Crippen LogP contribution in [0.5, 0.6) is 0 Å². The molecule has 0 heterocycles. The van der Waals surface area contributed by atoms with E-state index in [1.54, 1.807) is 0 Å². The Morgan fingerprint density at radius 1 is 1.12 bits per heavy atom. The molecule has 2 rings (SSSR count). The summed E-state index contributed by atoms with van der Waals surface area (Å²) in [6.07, 6.45) is 0.487. The van der Waals surface area contributed by atoms with Crippen LogP contribution in [0.3, 0.4) is 0 Å². The minimum Gasteiger partial charge on any atom is -0.481 e. The van der Waals surface area contributed by atoms with Crippen LogP contribution < -0.4 is 0 Å². The maximum absolute atomic E-state index is 12.2. The zero-order valence-corrected chi connectivity index (χ0v) is 10.3. The predicted octanol–water partition coefficient (Wildman–Crippen LogP) is 2.52. The lowest BCUT2D eigenvalue weighted by Gasteiger charge is -2.09. The lowest BCUT2D eigenvalue weighted by molar-refractivity contribution is -0.138. The maximum atomic E-state index is 12.2. The van der Waals surface area contributed by atoms with Crippen molar-refractivity contribution < 1.29 is 14.7 Å². The van der Waals surface area contributed by atoms with Crippen LogP contribution in [0.4, 0.5) is 0 Å². The third-order valence-electron chi connectivity index (χ3n) is 3.37. The molecule has 2 atom stereocenters. The van der Waals surface area contributed by atoms with Crippen LogP contribution in [0.25, 0.3) is 0 Å². The second-order valence-corrected chi connectivity index (χ2v) is 4.92. The Hall–Kier alpha value is -1.64. The van der Waals surface area contributed by atoms with Gasteiger partial charge in [0.2, 0.25) is 0 Å². The van der Waals surface area contributed by atoms with E-state index in [0.717, 1.165) is 16.7 Å². The molecule has 1 saturated carbocycles. The first-order valence-corrected chi connectivity index (χ1v) is 5.76. The van der Waals surface area contributed by atoms with Gasteiger partial charge in [-0.25, -0.2) is 0 Å². The molecule has 0 aromatic heterocycles. The minimum atomic E-state index is -0.856. The third kappa shape index (κ3) is 2.09. The number of aryl methyl sites for hydroxylation is 3. The van der Waals surface area contributed by atoms with E-state index in [0.29, 0.717) is 12.0 Å². The van der Waals surface area contributed by atoms with E-state index >= 15 is 0 Å². The number of carboxylic acids is 1. The summed E-state index contributed by atoms with van der Waals surface area (Å²) < 4.78 is 0. The van der Waals surface area contributed by atoms with E-state index in [1.165, 1.54) is 0 Å². The molecule has 0 bridgehead atoms. The molecular weight excluding hydrogens is 216 g/mol. The molecule has 1 aromatic rings. The van der Waals surface area contributed by atoms with Crippen molar-refractivity contribution in [1.82, 2.24) is 0 Å². The summed E-state index contributed by atoms with van der Waals surface area (Å²) in [4.78, 5) is 23.0. The number of ketones is 1. The topological polar surface area (TPSA) is 54.4 Å². The Morgan fingerprint density at radius 2 is 1.65 bits per heavy atom. The average Bonchev–Trinajstić information content (AvgIpc) is 2.94. The van der Waals surface area contributed by atoms with Gasteiger partial charge < -0.3 is 5.11 Å². The fourth-order valence-electron chi connectivity index (χ4n) is 2.51. The van der Waals surface area contributed by atoms with Gasteiger partial charge in [-0.1, -0.05) is 17.7 Å². The lowest BCUT2D eigenvalue weighted by atomic mass is 9.94. The van der Waals surface area contributed by atoms with Crippen LogP contribution in [0.2, 0.25) is 0 Å². The van der Waals surface area contributed by atoms with Crippen molar-refractivity contribution >= 4 is 11.8 Å². The van der Waals surface area contributed by atoms with Crippen molar-refractivity contribution in [3.05, 3.63) is 34.4 Å². The van der Waals surface area contributed by atoms with Crippen molar-refractivity contribution in [3.8, 4) is 0 Å². The van der Waals surface area contributed by atoms with Gasteiger partial charge in [0.15, 0.2) is 5.78 Å². The molecule has 3 nitrogen and oxygen atoms in total. The molecule has 3 heteroatoms. The fourth-order valence-corrected chi connectivity index (χ4v) is 2.51. The molecule has 2 unspecified atom stereocenters. The Labute approximate surface area is 100 Å². The molecule has 0 spiro atoms. The number of carbonyl (C=O) groups is 2. The summed E-state index contributed by atoms with van der Waals surface area (Å²) in [7, 11) is 0. The molecule has 1 fully saturated rings.